The van der Waals surface area contributed by atoms with E-state index in [1.54, 1.807) is 30.6 Å². The molecule has 4 unspecified atom stereocenters. The zero-order valence-corrected chi connectivity index (χ0v) is 27.9. The highest BCUT2D eigenvalue weighted by molar-refractivity contribution is 14.1. The van der Waals surface area contributed by atoms with E-state index in [0.29, 0.717) is 11.3 Å². The Kier molecular flexibility index (Phi) is 9.63. The molecule has 0 spiro atoms. The molecule has 1 N–H and O–H groups in total. The van der Waals surface area contributed by atoms with Gasteiger partial charge in [0.15, 0.2) is 0 Å². The van der Waals surface area contributed by atoms with Crippen molar-refractivity contribution in [3.63, 3.8) is 0 Å². The molecular weight excluding hydrogens is 724 g/mol. The van der Waals surface area contributed by atoms with Gasteiger partial charge in [0.1, 0.15) is 23.0 Å². The van der Waals surface area contributed by atoms with Gasteiger partial charge in [-0.15, -0.1) is 0 Å². The maximum atomic E-state index is 13.6. The van der Waals surface area contributed by atoms with Crippen LogP contribution in [0.5, 0.6) is 0 Å². The number of hydrogen-bond donors (Lipinski definition) is 1. The molecule has 2 saturated carbocycles. The van der Waals surface area contributed by atoms with E-state index in [0.717, 1.165) is 59.2 Å². The van der Waals surface area contributed by atoms with Crippen molar-refractivity contribution in [2.45, 2.75) is 12.8 Å². The molecule has 2 aromatic carbocycles. The molecular formula is C36H29Cl2F2IN4. The highest BCUT2D eigenvalue weighted by Crippen LogP contribution is 2.58. The number of nitrogens with one attached hydrogen (secondary N) is 1. The van der Waals surface area contributed by atoms with Gasteiger partial charge in [-0.2, -0.15) is 0 Å². The number of aromatic nitrogens is 2. The van der Waals surface area contributed by atoms with Crippen molar-refractivity contribution in [1.29, 1.82) is 0 Å². The number of anilines is 1. The Bertz CT molecular complexity index is 1800. The van der Waals surface area contributed by atoms with E-state index >= 15 is 0 Å². The van der Waals surface area contributed by atoms with Crippen molar-refractivity contribution in [2.24, 2.45) is 22.7 Å². The van der Waals surface area contributed by atoms with E-state index in [4.69, 9.17) is 23.2 Å². The Labute approximate surface area is 286 Å². The molecule has 2 saturated heterocycles. The van der Waals surface area contributed by atoms with E-state index in [9.17, 15) is 8.78 Å². The summed E-state index contributed by atoms with van der Waals surface area (Å²) in [6.07, 6.45) is 5.95. The molecule has 4 nitrogen and oxygen atoms in total. The molecule has 8 rings (SSSR count). The van der Waals surface area contributed by atoms with Crippen LogP contribution in [0.1, 0.15) is 24.2 Å². The van der Waals surface area contributed by atoms with Crippen LogP contribution in [0.4, 0.5) is 14.5 Å². The predicted molar refractivity (Wildman–Crippen MR) is 184 cm³/mol. The second kappa shape index (κ2) is 13.6. The van der Waals surface area contributed by atoms with Gasteiger partial charge >= 0.3 is 0 Å². The number of hydrogen-bond acceptors (Lipinski definition) is 4. The largest absolute Gasteiger partial charge is 0.370 e. The summed E-state index contributed by atoms with van der Waals surface area (Å²) in [6.45, 7) is 3.99. The molecule has 228 valence electrons. The third-order valence-corrected chi connectivity index (χ3v) is 9.85. The SMILES string of the molecule is C(#CC12CNCC1C2)c1ccccn1.Fc1cc(I)ccc1Cl.Fc1cc(N2CC3CC3(C#Cc3ccccn3)C2)ccc1Cl. The van der Waals surface area contributed by atoms with Crippen molar-refractivity contribution in [3.8, 4) is 23.7 Å². The van der Waals surface area contributed by atoms with Crippen LogP contribution in [0.3, 0.4) is 0 Å². The minimum absolute atomic E-state index is 0.0492. The number of piperidine rings is 2. The molecule has 4 atom stereocenters. The number of rotatable bonds is 1. The monoisotopic (exact) mass is 752 g/mol. The molecule has 2 aliphatic carbocycles. The Hall–Kier alpha value is -3.21. The van der Waals surface area contributed by atoms with E-state index < -0.39 is 0 Å². The Morgan fingerprint density at radius 2 is 1.42 bits per heavy atom. The first-order valence-electron chi connectivity index (χ1n) is 14.6. The van der Waals surface area contributed by atoms with Crippen molar-refractivity contribution in [2.75, 3.05) is 31.1 Å². The van der Waals surface area contributed by atoms with Crippen LogP contribution in [0.25, 0.3) is 0 Å². The summed E-state index contributed by atoms with van der Waals surface area (Å²) < 4.78 is 26.9. The van der Waals surface area contributed by atoms with Gasteiger partial charge < -0.3 is 10.2 Å². The van der Waals surface area contributed by atoms with Gasteiger partial charge in [0.05, 0.1) is 15.5 Å². The molecule has 2 aliphatic heterocycles. The average Bonchev–Trinajstić information content (AvgIpc) is 3.84. The van der Waals surface area contributed by atoms with Crippen LogP contribution >= 0.6 is 45.8 Å². The van der Waals surface area contributed by atoms with Gasteiger partial charge in [-0.25, -0.2) is 18.7 Å². The highest BCUT2D eigenvalue weighted by Gasteiger charge is 2.59. The van der Waals surface area contributed by atoms with Gasteiger partial charge in [-0.3, -0.25) is 0 Å². The number of halogens is 5. The van der Waals surface area contributed by atoms with Crippen LogP contribution < -0.4 is 10.2 Å². The zero-order valence-electron chi connectivity index (χ0n) is 24.2. The number of pyridine rings is 2. The molecule has 0 radical (unpaired) electrons. The highest BCUT2D eigenvalue weighted by atomic mass is 127. The Balaban J connectivity index is 0.000000132. The van der Waals surface area contributed by atoms with Gasteiger partial charge in [0.25, 0.3) is 0 Å². The minimum atomic E-state index is -0.367. The molecule has 45 heavy (non-hydrogen) atoms. The molecule has 0 bridgehead atoms. The fourth-order valence-electron chi connectivity index (χ4n) is 5.81. The first-order chi connectivity index (χ1) is 21.8. The lowest BCUT2D eigenvalue weighted by Gasteiger charge is -2.21. The Morgan fingerprint density at radius 3 is 1.96 bits per heavy atom. The maximum Gasteiger partial charge on any atom is 0.143 e. The van der Waals surface area contributed by atoms with Gasteiger partial charge in [-0.1, -0.05) is 47.2 Å². The molecule has 4 aliphatic rings. The summed E-state index contributed by atoms with van der Waals surface area (Å²) in [5.41, 5.74) is 2.93. The lowest BCUT2D eigenvalue weighted by molar-refractivity contribution is 0.626. The third-order valence-electron chi connectivity index (χ3n) is 8.57. The summed E-state index contributed by atoms with van der Waals surface area (Å²) in [7, 11) is 0. The second-order valence-corrected chi connectivity index (χ2v) is 13.8. The normalized spacial score (nSPS) is 24.6. The molecule has 9 heteroatoms. The zero-order chi connectivity index (χ0) is 31.4. The fourth-order valence-corrected chi connectivity index (χ4v) is 6.50. The van der Waals surface area contributed by atoms with E-state index in [1.165, 1.54) is 18.6 Å². The predicted octanol–water partition coefficient (Wildman–Crippen LogP) is 7.88. The smallest absolute Gasteiger partial charge is 0.143 e. The van der Waals surface area contributed by atoms with E-state index in [2.05, 4.69) is 43.9 Å². The fraction of sp³-hybridized carbons (Fsp3) is 0.278. The van der Waals surface area contributed by atoms with Crippen molar-refractivity contribution in [1.82, 2.24) is 15.3 Å². The summed E-state index contributed by atoms with van der Waals surface area (Å²) in [4.78, 5) is 10.6. The standard InChI is InChI=1S/C18H14ClFN2.C12H12N2.C6H3ClFI/c19-16-5-4-15(9-17(16)20)22-11-13-10-18(13,12-22)7-6-14-3-1-2-8-21-14;1-2-6-14-11(3-1)4-5-12-7-10(12)8-13-9-12;7-5-2-1-4(9)3-6(5)8/h1-5,8-9,13H,10-12H2;1-3,6,10,13H,7-9H2;1-3H. The van der Waals surface area contributed by atoms with Crippen molar-refractivity contribution < 1.29 is 8.78 Å². The quantitative estimate of drug-likeness (QED) is 0.122. The molecule has 0 amide bonds. The molecule has 4 aromatic rings. The van der Waals surface area contributed by atoms with Crippen LogP contribution in [0.15, 0.2) is 85.2 Å². The molecule has 4 heterocycles. The van der Waals surface area contributed by atoms with Gasteiger partial charge in [0, 0.05) is 46.7 Å². The van der Waals surface area contributed by atoms with Crippen molar-refractivity contribution >= 4 is 51.5 Å². The van der Waals surface area contributed by atoms with Gasteiger partial charge in [-0.05, 0) is 126 Å². The van der Waals surface area contributed by atoms with Crippen LogP contribution in [-0.4, -0.2) is 36.1 Å². The summed E-state index contributed by atoms with van der Waals surface area (Å²) in [5.74, 6) is 13.8. The lowest BCUT2D eigenvalue weighted by Crippen LogP contribution is -2.24. The third kappa shape index (κ3) is 7.79. The number of fused-ring (bicyclic) bond motifs is 2. The summed E-state index contributed by atoms with van der Waals surface area (Å²) >= 11 is 13.2. The number of benzene rings is 2. The second-order valence-electron chi connectivity index (χ2n) is 11.7. The summed E-state index contributed by atoms with van der Waals surface area (Å²) in [5, 5.41) is 3.72. The van der Waals surface area contributed by atoms with E-state index in [1.807, 2.05) is 65.1 Å². The topological polar surface area (TPSA) is 41.1 Å². The first kappa shape index (κ1) is 31.8. The van der Waals surface area contributed by atoms with E-state index in [-0.39, 0.29) is 27.1 Å². The molecule has 2 aromatic heterocycles. The Morgan fingerprint density at radius 1 is 0.800 bits per heavy atom. The van der Waals surface area contributed by atoms with Crippen LogP contribution in [-0.2, 0) is 0 Å². The molecule has 4 fully saturated rings. The number of nitrogens with zero attached hydrogens (tertiary/aromatic N) is 3. The first-order valence-corrected chi connectivity index (χ1v) is 16.5. The lowest BCUT2D eigenvalue weighted by atomic mass is 10.1. The maximum absolute atomic E-state index is 13.6. The summed E-state index contributed by atoms with van der Waals surface area (Å²) in [6, 6.07) is 21.3. The average molecular weight is 753 g/mol. The van der Waals surface area contributed by atoms with Crippen molar-refractivity contribution in [3.05, 3.63) is 122 Å². The van der Waals surface area contributed by atoms with Crippen LogP contribution in [0, 0.1) is 61.6 Å². The van der Waals surface area contributed by atoms with Crippen LogP contribution in [0.2, 0.25) is 10.0 Å². The van der Waals surface area contributed by atoms with Gasteiger partial charge in [0.2, 0.25) is 0 Å². The minimum Gasteiger partial charge on any atom is -0.370 e.